The quantitative estimate of drug-likeness (QED) is 0.466. The van der Waals surface area contributed by atoms with Crippen LogP contribution in [-0.4, -0.2) is 0 Å². The van der Waals surface area contributed by atoms with Crippen molar-refractivity contribution in [2.45, 2.75) is 64.7 Å². The maximum atomic E-state index is 3.16. The molecule has 0 bridgehead atoms. The Bertz CT molecular complexity index is 498. The molecule has 0 aliphatic rings. The van der Waals surface area contributed by atoms with Crippen molar-refractivity contribution in [3.05, 3.63) is 48.0 Å². The van der Waals surface area contributed by atoms with Crippen LogP contribution in [0, 0.1) is 6.07 Å². The molecular formula is C20H27. The van der Waals surface area contributed by atoms with Gasteiger partial charge < -0.3 is 0 Å². The van der Waals surface area contributed by atoms with Gasteiger partial charge in [0.2, 0.25) is 0 Å². The summed E-state index contributed by atoms with van der Waals surface area (Å²) in [7, 11) is 0. The highest BCUT2D eigenvalue weighted by Crippen LogP contribution is 2.17. The van der Waals surface area contributed by atoms with E-state index in [4.69, 9.17) is 0 Å². The molecule has 0 fully saturated rings. The van der Waals surface area contributed by atoms with E-state index in [9.17, 15) is 0 Å². The highest BCUT2D eigenvalue weighted by molar-refractivity contribution is 5.82. The Hall–Kier alpha value is -1.30. The molecule has 2 aromatic carbocycles. The third-order valence-electron chi connectivity index (χ3n) is 4.07. The molecule has 0 aromatic heterocycles. The number of fused-ring (bicyclic) bond motifs is 1. The summed E-state index contributed by atoms with van der Waals surface area (Å²) in [6.07, 6.45) is 12.4. The summed E-state index contributed by atoms with van der Waals surface area (Å²) in [5, 5.41) is 2.65. The number of rotatable bonds is 9. The summed E-state index contributed by atoms with van der Waals surface area (Å²) < 4.78 is 0. The van der Waals surface area contributed by atoms with Crippen LogP contribution in [0.1, 0.15) is 63.9 Å². The van der Waals surface area contributed by atoms with Crippen LogP contribution in [0.2, 0.25) is 0 Å². The molecule has 2 rings (SSSR count). The van der Waals surface area contributed by atoms with Crippen molar-refractivity contribution in [2.75, 3.05) is 0 Å². The van der Waals surface area contributed by atoms with Gasteiger partial charge in [0.05, 0.1) is 0 Å². The monoisotopic (exact) mass is 267 g/mol. The lowest BCUT2D eigenvalue weighted by atomic mass is 10.0. The van der Waals surface area contributed by atoms with Crippen molar-refractivity contribution in [3.63, 3.8) is 0 Å². The Kier molecular flexibility index (Phi) is 6.63. The fourth-order valence-electron chi connectivity index (χ4n) is 2.80. The summed E-state index contributed by atoms with van der Waals surface area (Å²) in [4.78, 5) is 0. The molecular weight excluding hydrogens is 240 g/mol. The van der Waals surface area contributed by atoms with Crippen molar-refractivity contribution < 1.29 is 0 Å². The van der Waals surface area contributed by atoms with Gasteiger partial charge in [-0.3, -0.25) is 0 Å². The maximum Gasteiger partial charge on any atom is -0.0175 e. The third-order valence-corrected chi connectivity index (χ3v) is 4.07. The van der Waals surface area contributed by atoms with Crippen molar-refractivity contribution >= 4 is 10.8 Å². The van der Waals surface area contributed by atoms with Crippen molar-refractivity contribution in [3.8, 4) is 0 Å². The van der Waals surface area contributed by atoms with Crippen molar-refractivity contribution in [2.24, 2.45) is 0 Å². The van der Waals surface area contributed by atoms with Gasteiger partial charge >= 0.3 is 0 Å². The summed E-state index contributed by atoms with van der Waals surface area (Å²) in [6.45, 7) is 2.28. The lowest BCUT2D eigenvalue weighted by Gasteiger charge is -2.04. The van der Waals surface area contributed by atoms with E-state index in [2.05, 4.69) is 43.3 Å². The topological polar surface area (TPSA) is 0 Å². The Morgan fingerprint density at radius 2 is 1.55 bits per heavy atom. The molecule has 0 unspecified atom stereocenters. The molecule has 0 saturated heterocycles. The van der Waals surface area contributed by atoms with Crippen LogP contribution in [0.15, 0.2) is 36.4 Å². The zero-order valence-electron chi connectivity index (χ0n) is 12.8. The van der Waals surface area contributed by atoms with Crippen LogP contribution >= 0.6 is 0 Å². The molecule has 0 amide bonds. The van der Waals surface area contributed by atoms with Gasteiger partial charge in [-0.15, -0.1) is 0 Å². The number of hydrogen-bond donors (Lipinski definition) is 0. The second kappa shape index (κ2) is 8.79. The first kappa shape index (κ1) is 15.1. The molecule has 0 saturated carbocycles. The normalized spacial score (nSPS) is 11.1. The molecule has 0 aliphatic carbocycles. The van der Waals surface area contributed by atoms with Crippen LogP contribution in [0.5, 0.6) is 0 Å². The van der Waals surface area contributed by atoms with E-state index >= 15 is 0 Å². The molecule has 20 heavy (non-hydrogen) atoms. The fourth-order valence-corrected chi connectivity index (χ4v) is 2.80. The van der Waals surface area contributed by atoms with Gasteiger partial charge in [-0.1, -0.05) is 82.2 Å². The van der Waals surface area contributed by atoms with Crippen LogP contribution < -0.4 is 0 Å². The zero-order chi connectivity index (χ0) is 14.0. The third kappa shape index (κ3) is 5.00. The number of benzene rings is 2. The molecule has 107 valence electrons. The largest absolute Gasteiger partial charge is 0.0654 e. The molecule has 0 nitrogen and oxygen atoms in total. The Morgan fingerprint density at radius 1 is 0.800 bits per heavy atom. The zero-order valence-corrected chi connectivity index (χ0v) is 12.8. The average molecular weight is 267 g/mol. The van der Waals surface area contributed by atoms with Crippen LogP contribution in [0.4, 0.5) is 0 Å². The number of unbranched alkanes of at least 4 members (excludes halogenated alkanes) is 7. The minimum Gasteiger partial charge on any atom is -0.0654 e. The minimum atomic E-state index is 1.22. The summed E-state index contributed by atoms with van der Waals surface area (Å²) in [5.41, 5.74) is 1.48. The van der Waals surface area contributed by atoms with Gasteiger partial charge in [0.15, 0.2) is 0 Å². The predicted molar refractivity (Wildman–Crippen MR) is 89.1 cm³/mol. The van der Waals surface area contributed by atoms with Crippen molar-refractivity contribution in [1.29, 1.82) is 0 Å². The lowest BCUT2D eigenvalue weighted by Crippen LogP contribution is -1.87. The van der Waals surface area contributed by atoms with Gasteiger partial charge in [0.1, 0.15) is 0 Å². The SMILES string of the molecule is CCCCCCCCCCc1ccc2cc[c]cc2c1. The molecule has 0 atom stereocenters. The van der Waals surface area contributed by atoms with Crippen molar-refractivity contribution in [1.82, 2.24) is 0 Å². The molecule has 0 heteroatoms. The molecule has 0 N–H and O–H groups in total. The average Bonchev–Trinajstić information content (AvgIpc) is 2.50. The second-order valence-electron chi connectivity index (χ2n) is 5.83. The predicted octanol–water partition coefficient (Wildman–Crippen LogP) is 6.32. The van der Waals surface area contributed by atoms with E-state index in [1.54, 1.807) is 0 Å². The first-order valence-electron chi connectivity index (χ1n) is 8.29. The Labute approximate surface area is 124 Å². The minimum absolute atomic E-state index is 1.22. The van der Waals surface area contributed by atoms with E-state index < -0.39 is 0 Å². The van der Waals surface area contributed by atoms with E-state index in [1.807, 2.05) is 6.07 Å². The van der Waals surface area contributed by atoms with E-state index in [1.165, 1.54) is 74.1 Å². The van der Waals surface area contributed by atoms with E-state index in [-0.39, 0.29) is 0 Å². The number of hydrogen-bond acceptors (Lipinski definition) is 0. The van der Waals surface area contributed by atoms with Crippen LogP contribution in [0.3, 0.4) is 0 Å². The van der Waals surface area contributed by atoms with Gasteiger partial charge in [0, 0.05) is 0 Å². The lowest BCUT2D eigenvalue weighted by molar-refractivity contribution is 0.575. The highest BCUT2D eigenvalue weighted by atomic mass is 14.0. The van der Waals surface area contributed by atoms with Crippen LogP contribution in [0.25, 0.3) is 10.8 Å². The standard InChI is InChI=1S/C20H27/c1-2-3-4-5-6-7-8-9-12-18-15-16-19-13-10-11-14-20(19)17-18/h10,13-17H,2-9,12H2,1H3. The van der Waals surface area contributed by atoms with Crippen LogP contribution in [-0.2, 0) is 6.42 Å². The summed E-state index contributed by atoms with van der Waals surface area (Å²) in [5.74, 6) is 0. The first-order valence-corrected chi connectivity index (χ1v) is 8.29. The molecule has 0 aliphatic heterocycles. The number of aryl methyl sites for hydroxylation is 1. The van der Waals surface area contributed by atoms with Gasteiger partial charge in [-0.2, -0.15) is 0 Å². The molecule has 1 radical (unpaired) electrons. The van der Waals surface area contributed by atoms with Gasteiger partial charge in [0.25, 0.3) is 0 Å². The molecule has 0 spiro atoms. The fraction of sp³-hybridized carbons (Fsp3) is 0.500. The molecule has 0 heterocycles. The van der Waals surface area contributed by atoms with Gasteiger partial charge in [-0.05, 0) is 41.3 Å². The molecule has 2 aromatic rings. The summed E-state index contributed by atoms with van der Waals surface area (Å²) >= 11 is 0. The van der Waals surface area contributed by atoms with E-state index in [0.29, 0.717) is 0 Å². The van der Waals surface area contributed by atoms with E-state index in [0.717, 1.165) is 0 Å². The second-order valence-corrected chi connectivity index (χ2v) is 5.83. The smallest absolute Gasteiger partial charge is 0.0175 e. The Balaban J connectivity index is 1.65. The Morgan fingerprint density at radius 3 is 2.35 bits per heavy atom. The first-order chi connectivity index (χ1) is 9.90. The highest BCUT2D eigenvalue weighted by Gasteiger charge is 1.97. The maximum absolute atomic E-state index is 3.16. The van der Waals surface area contributed by atoms with Gasteiger partial charge in [-0.25, -0.2) is 0 Å². The summed E-state index contributed by atoms with van der Waals surface area (Å²) in [6, 6.07) is 16.2.